The van der Waals surface area contributed by atoms with Crippen molar-refractivity contribution in [1.29, 1.82) is 5.26 Å². The van der Waals surface area contributed by atoms with Crippen LogP contribution in [0.1, 0.15) is 29.9 Å². The summed E-state index contributed by atoms with van der Waals surface area (Å²) in [6.07, 6.45) is 3.44. The van der Waals surface area contributed by atoms with Gasteiger partial charge in [-0.3, -0.25) is 0 Å². The predicted molar refractivity (Wildman–Crippen MR) is 69.9 cm³/mol. The Hall–Kier alpha value is -2.12. The van der Waals surface area contributed by atoms with Gasteiger partial charge in [-0.15, -0.1) is 0 Å². The summed E-state index contributed by atoms with van der Waals surface area (Å²) < 4.78 is 1.84. The average Bonchev–Trinajstić information content (AvgIpc) is 2.79. The van der Waals surface area contributed by atoms with Gasteiger partial charge in [-0.2, -0.15) is 5.26 Å². The zero-order valence-electron chi connectivity index (χ0n) is 10.5. The predicted octanol–water partition coefficient (Wildman–Crippen LogP) is 2.00. The Morgan fingerprint density at radius 1 is 1.39 bits per heavy atom. The van der Waals surface area contributed by atoms with Crippen LogP contribution in [0.4, 0.5) is 0 Å². The number of rotatable bonds is 3. The molecule has 92 valence electrons. The van der Waals surface area contributed by atoms with Crippen LogP contribution in [0.15, 0.2) is 36.7 Å². The molecule has 1 aromatic carbocycles. The minimum absolute atomic E-state index is 0.0663. The maximum atomic E-state index is 9.08. The van der Waals surface area contributed by atoms with Crippen LogP contribution in [-0.4, -0.2) is 15.6 Å². The molecule has 0 spiro atoms. The number of nitrogens with zero attached hydrogens (tertiary/aromatic N) is 3. The van der Waals surface area contributed by atoms with Crippen molar-refractivity contribution in [3.05, 3.63) is 53.6 Å². The molecule has 2 atom stereocenters. The average molecular weight is 240 g/mol. The van der Waals surface area contributed by atoms with E-state index in [1.54, 1.807) is 12.4 Å². The summed E-state index contributed by atoms with van der Waals surface area (Å²) in [5.41, 5.74) is 8.39. The number of nitriles is 1. The molecule has 0 saturated carbocycles. The highest BCUT2D eigenvalue weighted by Crippen LogP contribution is 2.25. The maximum Gasteiger partial charge on any atom is 0.213 e. The summed E-state index contributed by atoms with van der Waals surface area (Å²) in [5, 5.41) is 9.08. The molecule has 0 fully saturated rings. The molecule has 0 aliphatic rings. The monoisotopic (exact) mass is 240 g/mol. The number of benzene rings is 1. The molecule has 0 aliphatic heterocycles. The molecule has 0 amide bonds. The summed E-state index contributed by atoms with van der Waals surface area (Å²) in [4.78, 5) is 4.04. The van der Waals surface area contributed by atoms with Gasteiger partial charge in [0.1, 0.15) is 6.07 Å². The first kappa shape index (κ1) is 12.3. The Kier molecular flexibility index (Phi) is 3.45. The van der Waals surface area contributed by atoms with Crippen molar-refractivity contribution in [2.75, 3.05) is 0 Å². The van der Waals surface area contributed by atoms with Gasteiger partial charge in [0.2, 0.25) is 5.82 Å². The van der Waals surface area contributed by atoms with Gasteiger partial charge in [0.15, 0.2) is 0 Å². The molecular formula is C14H16N4. The maximum absolute atomic E-state index is 9.08. The van der Waals surface area contributed by atoms with E-state index in [4.69, 9.17) is 11.0 Å². The van der Waals surface area contributed by atoms with E-state index in [0.29, 0.717) is 5.82 Å². The lowest BCUT2D eigenvalue weighted by atomic mass is 9.96. The molecule has 1 heterocycles. The quantitative estimate of drug-likeness (QED) is 0.892. The first-order chi connectivity index (χ1) is 8.65. The lowest BCUT2D eigenvalue weighted by molar-refractivity contribution is 0.490. The van der Waals surface area contributed by atoms with E-state index >= 15 is 0 Å². The van der Waals surface area contributed by atoms with Crippen molar-refractivity contribution in [3.63, 3.8) is 0 Å². The van der Waals surface area contributed by atoms with Crippen LogP contribution in [0, 0.1) is 18.3 Å². The van der Waals surface area contributed by atoms with Gasteiger partial charge in [0, 0.05) is 18.4 Å². The summed E-state index contributed by atoms with van der Waals surface area (Å²) in [5.74, 6) is 0.389. The Balaban J connectivity index is 2.55. The molecule has 18 heavy (non-hydrogen) atoms. The number of hydrogen-bond acceptors (Lipinski definition) is 3. The van der Waals surface area contributed by atoms with Gasteiger partial charge < -0.3 is 10.3 Å². The zero-order chi connectivity index (χ0) is 13.1. The number of hydrogen-bond donors (Lipinski definition) is 1. The highest BCUT2D eigenvalue weighted by molar-refractivity contribution is 5.32. The van der Waals surface area contributed by atoms with Crippen LogP contribution < -0.4 is 5.73 Å². The molecule has 4 heteroatoms. The largest absolute Gasteiger partial charge is 0.326 e. The van der Waals surface area contributed by atoms with Crippen LogP contribution in [-0.2, 0) is 0 Å². The molecule has 4 nitrogen and oxygen atoms in total. The third-order valence-electron chi connectivity index (χ3n) is 3.07. The third kappa shape index (κ3) is 2.13. The molecule has 2 N–H and O–H groups in total. The first-order valence-electron chi connectivity index (χ1n) is 5.89. The fraction of sp³-hybridized carbons (Fsp3) is 0.286. The summed E-state index contributed by atoms with van der Waals surface area (Å²) in [7, 11) is 0. The molecule has 2 rings (SSSR count). The van der Waals surface area contributed by atoms with Gasteiger partial charge in [-0.1, -0.05) is 24.3 Å². The summed E-state index contributed by atoms with van der Waals surface area (Å²) in [6.45, 7) is 3.99. The standard InChI is InChI=1S/C14H16N4/c1-10-5-3-4-6-12(10)14(11(2)16)18-8-7-17-13(18)9-15/h3-8,11,14H,16H2,1-2H3. The second-order valence-electron chi connectivity index (χ2n) is 4.43. The van der Waals surface area contributed by atoms with E-state index in [1.807, 2.05) is 42.7 Å². The topological polar surface area (TPSA) is 67.6 Å². The van der Waals surface area contributed by atoms with Gasteiger partial charge in [-0.25, -0.2) is 4.98 Å². The van der Waals surface area contributed by atoms with Gasteiger partial charge in [0.25, 0.3) is 0 Å². The summed E-state index contributed by atoms with van der Waals surface area (Å²) in [6, 6.07) is 10.0. The third-order valence-corrected chi connectivity index (χ3v) is 3.07. The van der Waals surface area contributed by atoms with E-state index < -0.39 is 0 Å². The first-order valence-corrected chi connectivity index (χ1v) is 5.89. The highest BCUT2D eigenvalue weighted by atomic mass is 15.1. The molecular weight excluding hydrogens is 224 g/mol. The van der Waals surface area contributed by atoms with E-state index in [-0.39, 0.29) is 12.1 Å². The molecule has 1 aromatic heterocycles. The molecule has 0 bridgehead atoms. The number of aryl methyl sites for hydroxylation is 1. The van der Waals surface area contributed by atoms with Crippen molar-refractivity contribution in [1.82, 2.24) is 9.55 Å². The van der Waals surface area contributed by atoms with E-state index in [2.05, 4.69) is 11.1 Å². The Labute approximate surface area is 107 Å². The van der Waals surface area contributed by atoms with Gasteiger partial charge in [-0.05, 0) is 25.0 Å². The van der Waals surface area contributed by atoms with Crippen molar-refractivity contribution >= 4 is 0 Å². The Morgan fingerprint density at radius 3 is 2.72 bits per heavy atom. The zero-order valence-corrected chi connectivity index (χ0v) is 10.5. The van der Waals surface area contributed by atoms with E-state index in [1.165, 1.54) is 0 Å². The molecule has 2 aromatic rings. The van der Waals surface area contributed by atoms with Crippen LogP contribution in [0.25, 0.3) is 0 Å². The lowest BCUT2D eigenvalue weighted by Crippen LogP contribution is -2.31. The smallest absolute Gasteiger partial charge is 0.213 e. The number of nitrogens with two attached hydrogens (primary N) is 1. The fourth-order valence-corrected chi connectivity index (χ4v) is 2.23. The Bertz CT molecular complexity index is 575. The van der Waals surface area contributed by atoms with Crippen LogP contribution >= 0.6 is 0 Å². The fourth-order valence-electron chi connectivity index (χ4n) is 2.23. The van der Waals surface area contributed by atoms with Gasteiger partial charge >= 0.3 is 0 Å². The van der Waals surface area contributed by atoms with Crippen LogP contribution in [0.2, 0.25) is 0 Å². The summed E-state index contributed by atoms with van der Waals surface area (Å²) >= 11 is 0. The van der Waals surface area contributed by atoms with Gasteiger partial charge in [0.05, 0.1) is 6.04 Å². The normalized spacial score (nSPS) is 13.9. The molecule has 0 saturated heterocycles. The molecule has 2 unspecified atom stereocenters. The minimum atomic E-state index is -0.104. The van der Waals surface area contributed by atoms with Crippen molar-refractivity contribution in [3.8, 4) is 6.07 Å². The highest BCUT2D eigenvalue weighted by Gasteiger charge is 2.21. The van der Waals surface area contributed by atoms with E-state index in [9.17, 15) is 0 Å². The molecule has 0 radical (unpaired) electrons. The van der Waals surface area contributed by atoms with Crippen LogP contribution in [0.5, 0.6) is 0 Å². The number of imidazole rings is 1. The van der Waals surface area contributed by atoms with E-state index in [0.717, 1.165) is 11.1 Å². The van der Waals surface area contributed by atoms with Crippen molar-refractivity contribution in [2.45, 2.75) is 25.9 Å². The van der Waals surface area contributed by atoms with Crippen molar-refractivity contribution < 1.29 is 0 Å². The van der Waals surface area contributed by atoms with Crippen LogP contribution in [0.3, 0.4) is 0 Å². The molecule has 0 aliphatic carbocycles. The second-order valence-corrected chi connectivity index (χ2v) is 4.43. The SMILES string of the molecule is Cc1ccccc1C(C(C)N)n1ccnc1C#N. The lowest BCUT2D eigenvalue weighted by Gasteiger charge is -2.25. The van der Waals surface area contributed by atoms with Crippen molar-refractivity contribution in [2.24, 2.45) is 5.73 Å². The Morgan fingerprint density at radius 2 is 2.11 bits per heavy atom. The minimum Gasteiger partial charge on any atom is -0.326 e. The second kappa shape index (κ2) is 5.03. The number of aromatic nitrogens is 2.